The average Bonchev–Trinajstić information content (AvgIpc) is 3.87. The van der Waals surface area contributed by atoms with Crippen LogP contribution >= 0.6 is 0 Å². The predicted molar refractivity (Wildman–Crippen MR) is 251 cm³/mol. The molecule has 0 aliphatic carbocycles. The van der Waals surface area contributed by atoms with Gasteiger partial charge in [0, 0.05) is 62.1 Å². The van der Waals surface area contributed by atoms with Crippen molar-refractivity contribution < 1.29 is 8.83 Å². The van der Waals surface area contributed by atoms with Gasteiger partial charge in [-0.25, -0.2) is 0 Å². The van der Waals surface area contributed by atoms with E-state index in [4.69, 9.17) is 8.83 Å². The van der Waals surface area contributed by atoms with Crippen LogP contribution in [0.25, 0.3) is 66.1 Å². The van der Waals surface area contributed by atoms with E-state index < -0.39 is 0 Å². The van der Waals surface area contributed by atoms with Gasteiger partial charge in [-0.2, -0.15) is 0 Å². The van der Waals surface area contributed by atoms with Crippen molar-refractivity contribution in [2.24, 2.45) is 0 Å². The molecule has 9 aromatic carbocycles. The van der Waals surface area contributed by atoms with Gasteiger partial charge in [0.25, 0.3) is 0 Å². The van der Waals surface area contributed by atoms with E-state index in [2.05, 4.69) is 224 Å². The molecule has 0 saturated carbocycles. The SMILES string of the molecule is Cc1ccc(N(c2ccc(-c3ccccc3)cc2)c2ccc3c(c2)oc2cc(N(c4ccc(C)cc4)c4ccc(-c5ccccc5)cc4)c4oc5ccccc5c4c23)cc1. The van der Waals surface area contributed by atoms with Crippen LogP contribution in [0.4, 0.5) is 34.1 Å². The first-order valence-corrected chi connectivity index (χ1v) is 20.4. The molecule has 0 radical (unpaired) electrons. The monoisotopic (exact) mass is 772 g/mol. The Kier molecular flexibility index (Phi) is 8.56. The molecule has 0 N–H and O–H groups in total. The van der Waals surface area contributed by atoms with E-state index in [1.54, 1.807) is 0 Å². The number of fused-ring (bicyclic) bond motifs is 7. The molecule has 0 amide bonds. The van der Waals surface area contributed by atoms with Gasteiger partial charge in [0.05, 0.1) is 5.69 Å². The van der Waals surface area contributed by atoms with E-state index in [-0.39, 0.29) is 0 Å². The lowest BCUT2D eigenvalue weighted by Gasteiger charge is -2.26. The van der Waals surface area contributed by atoms with Gasteiger partial charge in [-0.3, -0.25) is 0 Å². The molecule has 0 aliphatic rings. The highest BCUT2D eigenvalue weighted by molar-refractivity contribution is 6.28. The van der Waals surface area contributed by atoms with Crippen LogP contribution in [-0.2, 0) is 0 Å². The number of para-hydroxylation sites is 1. The zero-order valence-electron chi connectivity index (χ0n) is 33.3. The zero-order valence-corrected chi connectivity index (χ0v) is 33.3. The minimum absolute atomic E-state index is 0.795. The number of rotatable bonds is 8. The Bertz CT molecular complexity index is 3290. The Morgan fingerprint density at radius 2 is 0.767 bits per heavy atom. The fourth-order valence-corrected chi connectivity index (χ4v) is 8.56. The molecule has 60 heavy (non-hydrogen) atoms. The molecule has 0 spiro atoms. The molecule has 0 aliphatic heterocycles. The highest BCUT2D eigenvalue weighted by atomic mass is 16.3. The van der Waals surface area contributed by atoms with Crippen molar-refractivity contribution in [2.45, 2.75) is 13.8 Å². The number of furan rings is 2. The van der Waals surface area contributed by atoms with Crippen molar-refractivity contribution in [3.8, 4) is 22.3 Å². The van der Waals surface area contributed by atoms with Crippen LogP contribution in [0.2, 0.25) is 0 Å². The van der Waals surface area contributed by atoms with Gasteiger partial charge in [-0.1, -0.05) is 139 Å². The molecular formula is C56H40N2O2. The van der Waals surface area contributed by atoms with Crippen molar-refractivity contribution >= 4 is 78.0 Å². The van der Waals surface area contributed by atoms with Crippen LogP contribution < -0.4 is 9.80 Å². The van der Waals surface area contributed by atoms with Crippen LogP contribution in [0.15, 0.2) is 215 Å². The van der Waals surface area contributed by atoms with Gasteiger partial charge in [0.2, 0.25) is 0 Å². The first-order chi connectivity index (χ1) is 29.6. The van der Waals surface area contributed by atoms with Crippen LogP contribution in [-0.4, -0.2) is 0 Å². The molecule has 286 valence electrons. The summed E-state index contributed by atoms with van der Waals surface area (Å²) < 4.78 is 13.9. The number of aryl methyl sites for hydroxylation is 2. The second-order valence-electron chi connectivity index (χ2n) is 15.5. The summed E-state index contributed by atoms with van der Waals surface area (Å²) in [6.07, 6.45) is 0. The number of anilines is 6. The normalized spacial score (nSPS) is 11.5. The van der Waals surface area contributed by atoms with Crippen LogP contribution in [0.5, 0.6) is 0 Å². The number of hydrogen-bond acceptors (Lipinski definition) is 4. The topological polar surface area (TPSA) is 32.8 Å². The summed E-state index contributed by atoms with van der Waals surface area (Å²) in [6.45, 7) is 4.24. The second kappa shape index (κ2) is 14.5. The molecule has 2 aromatic heterocycles. The maximum atomic E-state index is 7.00. The van der Waals surface area contributed by atoms with Gasteiger partial charge in [-0.05, 0) is 103 Å². The summed E-state index contributed by atoms with van der Waals surface area (Å²) in [5.41, 5.74) is 16.4. The molecule has 0 fully saturated rings. The third kappa shape index (κ3) is 6.18. The highest BCUT2D eigenvalue weighted by Crippen LogP contribution is 2.49. The Morgan fingerprint density at radius 3 is 1.33 bits per heavy atom. The molecule has 0 atom stereocenters. The van der Waals surface area contributed by atoms with Crippen molar-refractivity contribution in [3.05, 3.63) is 217 Å². The summed E-state index contributed by atoms with van der Waals surface area (Å²) in [5.74, 6) is 0. The first kappa shape index (κ1) is 35.4. The van der Waals surface area contributed by atoms with E-state index in [9.17, 15) is 0 Å². The van der Waals surface area contributed by atoms with Crippen molar-refractivity contribution in [3.63, 3.8) is 0 Å². The number of nitrogens with zero attached hydrogens (tertiary/aromatic N) is 2. The standard InChI is InChI=1S/C56H40N2O2/c1-37-17-25-43(26-18-37)57(44-29-21-41(22-30-44)39-11-5-3-6-12-39)47-33-34-49-52(35-47)59-53-36-50(56-55(54(49)53)48-15-9-10-16-51(48)60-56)58(45-27-19-38(2)20-28-45)46-31-23-42(24-32-46)40-13-7-4-8-14-40/h3-36H,1-2H3. The van der Waals surface area contributed by atoms with Gasteiger partial charge in [-0.15, -0.1) is 0 Å². The predicted octanol–water partition coefficient (Wildman–Crippen LogP) is 16.4. The molecule has 11 aromatic rings. The molecule has 11 rings (SSSR count). The third-order valence-electron chi connectivity index (χ3n) is 11.6. The lowest BCUT2D eigenvalue weighted by molar-refractivity contribution is 0.663. The van der Waals surface area contributed by atoms with Gasteiger partial charge < -0.3 is 18.6 Å². The minimum Gasteiger partial charge on any atom is -0.456 e. The molecule has 2 heterocycles. The Morgan fingerprint density at radius 1 is 0.317 bits per heavy atom. The van der Waals surface area contributed by atoms with E-state index >= 15 is 0 Å². The van der Waals surface area contributed by atoms with Crippen LogP contribution in [0, 0.1) is 13.8 Å². The maximum Gasteiger partial charge on any atom is 0.160 e. The largest absolute Gasteiger partial charge is 0.456 e. The lowest BCUT2D eigenvalue weighted by Crippen LogP contribution is -2.10. The summed E-state index contributed by atoms with van der Waals surface area (Å²) in [7, 11) is 0. The van der Waals surface area contributed by atoms with E-state index in [1.165, 1.54) is 27.8 Å². The fraction of sp³-hybridized carbons (Fsp3) is 0.0357. The van der Waals surface area contributed by atoms with E-state index in [1.807, 2.05) is 6.07 Å². The molecule has 0 unspecified atom stereocenters. The molecule has 4 nitrogen and oxygen atoms in total. The highest BCUT2D eigenvalue weighted by Gasteiger charge is 2.25. The van der Waals surface area contributed by atoms with Gasteiger partial charge in [0.15, 0.2) is 5.58 Å². The number of hydrogen-bond donors (Lipinski definition) is 0. The minimum atomic E-state index is 0.795. The molecular weight excluding hydrogens is 733 g/mol. The third-order valence-corrected chi connectivity index (χ3v) is 11.6. The smallest absolute Gasteiger partial charge is 0.160 e. The molecule has 0 bridgehead atoms. The Hall–Kier alpha value is -7.82. The zero-order chi connectivity index (χ0) is 40.2. The average molecular weight is 773 g/mol. The Balaban J connectivity index is 1.11. The van der Waals surface area contributed by atoms with Gasteiger partial charge in [0.1, 0.15) is 16.7 Å². The Labute approximate surface area is 348 Å². The molecule has 0 saturated heterocycles. The van der Waals surface area contributed by atoms with Crippen LogP contribution in [0.3, 0.4) is 0 Å². The molecule has 4 heteroatoms. The van der Waals surface area contributed by atoms with Crippen LogP contribution in [0.1, 0.15) is 11.1 Å². The lowest BCUT2D eigenvalue weighted by atomic mass is 10.0. The summed E-state index contributed by atoms with van der Waals surface area (Å²) in [4.78, 5) is 4.59. The number of benzene rings is 9. The van der Waals surface area contributed by atoms with E-state index in [0.29, 0.717) is 0 Å². The first-order valence-electron chi connectivity index (χ1n) is 20.4. The fourth-order valence-electron chi connectivity index (χ4n) is 8.56. The van der Waals surface area contributed by atoms with Crippen molar-refractivity contribution in [1.82, 2.24) is 0 Å². The van der Waals surface area contributed by atoms with Gasteiger partial charge >= 0.3 is 0 Å². The second-order valence-corrected chi connectivity index (χ2v) is 15.5. The maximum absolute atomic E-state index is 7.00. The summed E-state index contributed by atoms with van der Waals surface area (Å²) >= 11 is 0. The van der Waals surface area contributed by atoms with E-state index in [0.717, 1.165) is 83.6 Å². The summed E-state index contributed by atoms with van der Waals surface area (Å²) in [6, 6.07) is 73.0. The van der Waals surface area contributed by atoms with Crippen molar-refractivity contribution in [2.75, 3.05) is 9.80 Å². The van der Waals surface area contributed by atoms with Crippen molar-refractivity contribution in [1.29, 1.82) is 0 Å². The summed E-state index contributed by atoms with van der Waals surface area (Å²) in [5, 5.41) is 4.16. The quantitative estimate of drug-likeness (QED) is 0.154.